The fourth-order valence-corrected chi connectivity index (χ4v) is 2.13. The number of rotatable bonds is 3. The second-order valence-corrected chi connectivity index (χ2v) is 4.73. The lowest BCUT2D eigenvalue weighted by Crippen LogP contribution is -2.07. The number of nitrogens with zero attached hydrogens (tertiary/aromatic N) is 2. The third kappa shape index (κ3) is 2.46. The molecule has 2 rings (SSSR count). The first-order chi connectivity index (χ1) is 8.13. The average Bonchev–Trinajstić information content (AvgIpc) is 2.65. The highest BCUT2D eigenvalue weighted by atomic mass is 79.9. The molecule has 0 fully saturated rings. The number of aliphatic hydroxyl groups excluding tert-OH is 1. The molecule has 1 aromatic heterocycles. The fraction of sp³-hybridized carbons (Fsp3) is 0.182. The van der Waals surface area contributed by atoms with Gasteiger partial charge in [0.15, 0.2) is 0 Å². The largest absolute Gasteiger partial charge is 0.394 e. The Kier molecular flexibility index (Phi) is 3.71. The number of nitrogen functional groups attached to an aromatic ring is 1. The van der Waals surface area contributed by atoms with Crippen molar-refractivity contribution in [1.29, 1.82) is 0 Å². The lowest BCUT2D eigenvalue weighted by molar-refractivity contribution is 0.270. The van der Waals surface area contributed by atoms with E-state index in [1.54, 1.807) is 10.7 Å². The van der Waals surface area contributed by atoms with E-state index in [0.29, 0.717) is 23.1 Å². The predicted molar refractivity (Wildman–Crippen MR) is 71.9 cm³/mol. The molecule has 0 aliphatic rings. The molecule has 0 aliphatic carbocycles. The van der Waals surface area contributed by atoms with Crippen LogP contribution in [0, 0.1) is 0 Å². The molecular weight excluding hydrogens is 305 g/mol. The number of halogens is 2. The lowest BCUT2D eigenvalue weighted by Gasteiger charge is -2.02. The Morgan fingerprint density at radius 2 is 2.24 bits per heavy atom. The minimum absolute atomic E-state index is 0.00244. The van der Waals surface area contributed by atoms with Gasteiger partial charge in [-0.1, -0.05) is 23.7 Å². The topological polar surface area (TPSA) is 64.1 Å². The van der Waals surface area contributed by atoms with Gasteiger partial charge in [0, 0.05) is 16.1 Å². The van der Waals surface area contributed by atoms with Gasteiger partial charge in [-0.05, 0) is 22.0 Å². The average molecular weight is 317 g/mol. The molecule has 3 N–H and O–H groups in total. The molecule has 90 valence electrons. The second-order valence-electron chi connectivity index (χ2n) is 3.50. The Labute approximate surface area is 112 Å². The Morgan fingerprint density at radius 1 is 1.47 bits per heavy atom. The molecule has 0 bridgehead atoms. The van der Waals surface area contributed by atoms with Gasteiger partial charge >= 0.3 is 0 Å². The van der Waals surface area contributed by atoms with Crippen molar-refractivity contribution in [3.63, 3.8) is 0 Å². The molecule has 1 aromatic carbocycles. The van der Waals surface area contributed by atoms with Crippen LogP contribution in [0.15, 0.2) is 28.7 Å². The zero-order valence-electron chi connectivity index (χ0n) is 8.90. The molecule has 4 nitrogen and oxygen atoms in total. The summed E-state index contributed by atoms with van der Waals surface area (Å²) in [4.78, 5) is 0. The predicted octanol–water partition coefficient (Wildman–Crippen LogP) is 2.54. The van der Waals surface area contributed by atoms with Crippen molar-refractivity contribution >= 4 is 33.3 Å². The van der Waals surface area contributed by atoms with Crippen molar-refractivity contribution in [2.75, 3.05) is 12.3 Å². The maximum absolute atomic E-state index is 8.87. The van der Waals surface area contributed by atoms with E-state index in [-0.39, 0.29) is 6.61 Å². The van der Waals surface area contributed by atoms with Gasteiger partial charge in [0.05, 0.1) is 23.9 Å². The Balaban J connectivity index is 2.46. The number of hydrogen-bond acceptors (Lipinski definition) is 3. The molecule has 0 atom stereocenters. The van der Waals surface area contributed by atoms with Crippen LogP contribution in [0.25, 0.3) is 11.3 Å². The summed E-state index contributed by atoms with van der Waals surface area (Å²) >= 11 is 9.54. The molecule has 6 heteroatoms. The zero-order valence-corrected chi connectivity index (χ0v) is 11.2. The quantitative estimate of drug-likeness (QED) is 0.914. The third-order valence-corrected chi connectivity index (χ3v) is 3.65. The molecule has 0 spiro atoms. The van der Waals surface area contributed by atoms with Gasteiger partial charge in [0.25, 0.3) is 0 Å². The standard InChI is InChI=1S/C11H11BrClN3O/c12-8-3-1-2-7(11(8)13)9-6-10(14)16(15-9)4-5-17/h1-3,6,17H,4-5,14H2. The highest BCUT2D eigenvalue weighted by Crippen LogP contribution is 2.33. The summed E-state index contributed by atoms with van der Waals surface area (Å²) in [5.41, 5.74) is 7.29. The smallest absolute Gasteiger partial charge is 0.122 e. The van der Waals surface area contributed by atoms with Gasteiger partial charge in [0.2, 0.25) is 0 Å². The van der Waals surface area contributed by atoms with E-state index in [4.69, 9.17) is 22.4 Å². The molecule has 17 heavy (non-hydrogen) atoms. The van der Waals surface area contributed by atoms with Gasteiger partial charge in [-0.25, -0.2) is 4.68 Å². The van der Waals surface area contributed by atoms with Gasteiger partial charge in [-0.15, -0.1) is 0 Å². The van der Waals surface area contributed by atoms with Crippen molar-refractivity contribution in [1.82, 2.24) is 9.78 Å². The highest BCUT2D eigenvalue weighted by Gasteiger charge is 2.11. The van der Waals surface area contributed by atoms with E-state index in [2.05, 4.69) is 21.0 Å². The van der Waals surface area contributed by atoms with Gasteiger partial charge < -0.3 is 10.8 Å². The number of benzene rings is 1. The van der Waals surface area contributed by atoms with Crippen molar-refractivity contribution in [2.24, 2.45) is 0 Å². The van der Waals surface area contributed by atoms with Crippen LogP contribution in [0.5, 0.6) is 0 Å². The summed E-state index contributed by atoms with van der Waals surface area (Å²) in [5, 5.41) is 13.8. The minimum Gasteiger partial charge on any atom is -0.394 e. The van der Waals surface area contributed by atoms with Crippen LogP contribution in [0.2, 0.25) is 5.02 Å². The first-order valence-corrected chi connectivity index (χ1v) is 6.19. The summed E-state index contributed by atoms with van der Waals surface area (Å²) < 4.78 is 2.36. The number of nitrogens with two attached hydrogens (primary N) is 1. The number of anilines is 1. The highest BCUT2D eigenvalue weighted by molar-refractivity contribution is 9.10. The molecule has 0 unspecified atom stereocenters. The van der Waals surface area contributed by atoms with E-state index in [9.17, 15) is 0 Å². The van der Waals surface area contributed by atoms with Gasteiger partial charge in [-0.3, -0.25) is 0 Å². The van der Waals surface area contributed by atoms with E-state index in [0.717, 1.165) is 10.0 Å². The molecular formula is C11H11BrClN3O. The number of aromatic nitrogens is 2. The summed E-state index contributed by atoms with van der Waals surface area (Å²) in [6, 6.07) is 7.36. The minimum atomic E-state index is -0.00244. The van der Waals surface area contributed by atoms with E-state index in [1.807, 2.05) is 18.2 Å². The van der Waals surface area contributed by atoms with Crippen LogP contribution in [-0.4, -0.2) is 21.5 Å². The molecule has 0 amide bonds. The molecule has 0 saturated carbocycles. The van der Waals surface area contributed by atoms with Crippen LogP contribution in [-0.2, 0) is 6.54 Å². The van der Waals surface area contributed by atoms with Gasteiger partial charge in [0.1, 0.15) is 5.82 Å². The summed E-state index contributed by atoms with van der Waals surface area (Å²) in [5.74, 6) is 0.505. The van der Waals surface area contributed by atoms with Crippen LogP contribution in [0.3, 0.4) is 0 Å². The van der Waals surface area contributed by atoms with Crippen molar-refractivity contribution in [2.45, 2.75) is 6.54 Å². The zero-order chi connectivity index (χ0) is 12.4. The molecule has 0 radical (unpaired) electrons. The fourth-order valence-electron chi connectivity index (χ4n) is 1.54. The van der Waals surface area contributed by atoms with Crippen LogP contribution in [0.4, 0.5) is 5.82 Å². The number of aliphatic hydroxyl groups is 1. The summed E-state index contributed by atoms with van der Waals surface area (Å²) in [7, 11) is 0. The monoisotopic (exact) mass is 315 g/mol. The van der Waals surface area contributed by atoms with Crippen molar-refractivity contribution in [3.05, 3.63) is 33.8 Å². The maximum Gasteiger partial charge on any atom is 0.122 e. The second kappa shape index (κ2) is 5.08. The Bertz CT molecular complexity index is 542. The van der Waals surface area contributed by atoms with E-state index >= 15 is 0 Å². The van der Waals surface area contributed by atoms with Crippen molar-refractivity contribution in [3.8, 4) is 11.3 Å². The normalized spacial score (nSPS) is 10.8. The van der Waals surface area contributed by atoms with Gasteiger partial charge in [-0.2, -0.15) is 5.10 Å². The van der Waals surface area contributed by atoms with Crippen LogP contribution < -0.4 is 5.73 Å². The van der Waals surface area contributed by atoms with Crippen LogP contribution >= 0.6 is 27.5 Å². The number of hydrogen-bond donors (Lipinski definition) is 2. The Hall–Kier alpha value is -1.04. The SMILES string of the molecule is Nc1cc(-c2cccc(Br)c2Cl)nn1CCO. The van der Waals surface area contributed by atoms with Crippen LogP contribution in [0.1, 0.15) is 0 Å². The summed E-state index contributed by atoms with van der Waals surface area (Å²) in [6.07, 6.45) is 0. The summed E-state index contributed by atoms with van der Waals surface area (Å²) in [6.45, 7) is 0.370. The molecule has 2 aromatic rings. The Morgan fingerprint density at radius 3 is 2.94 bits per heavy atom. The lowest BCUT2D eigenvalue weighted by atomic mass is 10.1. The van der Waals surface area contributed by atoms with E-state index < -0.39 is 0 Å². The first kappa shape index (κ1) is 12.4. The third-order valence-electron chi connectivity index (χ3n) is 2.35. The maximum atomic E-state index is 8.87. The van der Waals surface area contributed by atoms with Crippen molar-refractivity contribution < 1.29 is 5.11 Å². The molecule has 0 aliphatic heterocycles. The van der Waals surface area contributed by atoms with E-state index in [1.165, 1.54) is 0 Å². The first-order valence-electron chi connectivity index (χ1n) is 5.02. The molecule has 0 saturated heterocycles. The molecule has 1 heterocycles.